The first-order chi connectivity index (χ1) is 11.7. The Morgan fingerprint density at radius 3 is 0.500 bits per heavy atom. The van der Waals surface area contributed by atoms with E-state index in [1.54, 1.807) is 0 Å². The van der Waals surface area contributed by atoms with Crippen molar-refractivity contribution in [1.82, 2.24) is 0 Å². The Kier molecular flexibility index (Phi) is 90.7. The van der Waals surface area contributed by atoms with E-state index in [1.807, 2.05) is 0 Å². The van der Waals surface area contributed by atoms with Crippen LogP contribution in [0.1, 0.15) is 0 Å². The maximum Gasteiger partial charge on any atom is 0.0701 e. The first-order valence-corrected chi connectivity index (χ1v) is 7.58. The minimum absolute atomic E-state index is 0. The van der Waals surface area contributed by atoms with Crippen LogP contribution in [0.15, 0.2) is 0 Å². The van der Waals surface area contributed by atoms with Gasteiger partial charge in [-0.1, -0.05) is 0 Å². The van der Waals surface area contributed by atoms with Gasteiger partial charge in [0.1, 0.15) is 0 Å². The van der Waals surface area contributed by atoms with Gasteiger partial charge in [-0.05, 0) is 81.1 Å². The molecule has 0 aliphatic carbocycles. The second kappa shape index (κ2) is 56.3. The normalized spacial score (nSPS) is 13.8. The maximum atomic E-state index is 4.94. The summed E-state index contributed by atoms with van der Waals surface area (Å²) in [6.45, 7) is 32.2. The zero-order valence-electron chi connectivity index (χ0n) is 16.8. The second-order valence-electron chi connectivity index (χ2n) is 3.60. The SMILES string of the molecule is C1COCCO1.C1COCCO1.[CH2][CH][CH2].[CH2][CH][CH2].[CH2][CH][CH2].[CH2][CH][CH2].[La].[Li]. The van der Waals surface area contributed by atoms with E-state index < -0.39 is 0 Å². The molecule has 0 N–H and O–H groups in total. The molecule has 0 amide bonds. The van der Waals surface area contributed by atoms with E-state index in [2.05, 4.69) is 55.4 Å². The third-order valence-electron chi connectivity index (χ3n) is 1.49. The Morgan fingerprint density at radius 1 is 0.385 bits per heavy atom. The molecule has 0 bridgehead atoms. The molecule has 0 aromatic heterocycles. The number of hydrogen-bond donors (Lipinski definition) is 0. The quantitative estimate of drug-likeness (QED) is 0.494. The molecule has 2 heterocycles. The minimum atomic E-state index is 0. The minimum Gasteiger partial charge on any atom is -0.377 e. The van der Waals surface area contributed by atoms with Crippen LogP contribution in [0.2, 0.25) is 0 Å². The van der Waals surface area contributed by atoms with Crippen molar-refractivity contribution in [3.63, 3.8) is 0 Å². The maximum absolute atomic E-state index is 4.94. The molecule has 2 saturated heterocycles. The Labute approximate surface area is 206 Å². The summed E-state index contributed by atoms with van der Waals surface area (Å²) in [6, 6.07) is 0. The summed E-state index contributed by atoms with van der Waals surface area (Å²) >= 11 is 0. The topological polar surface area (TPSA) is 36.9 Å². The van der Waals surface area contributed by atoms with Crippen molar-refractivity contribution in [3.8, 4) is 0 Å². The number of rotatable bonds is 0. The van der Waals surface area contributed by atoms with Gasteiger partial charge >= 0.3 is 0 Å². The van der Waals surface area contributed by atoms with Gasteiger partial charge in [-0.3, -0.25) is 0 Å². The molecule has 144 valence electrons. The van der Waals surface area contributed by atoms with Crippen LogP contribution in [0.3, 0.4) is 0 Å². The molecule has 0 aromatic rings. The zero-order chi connectivity index (χ0) is 19.3. The van der Waals surface area contributed by atoms with Crippen molar-refractivity contribution in [3.05, 3.63) is 81.1 Å². The molecule has 14 radical (unpaired) electrons. The van der Waals surface area contributed by atoms with E-state index in [9.17, 15) is 0 Å². The number of ether oxygens (including phenoxy) is 4. The summed E-state index contributed by atoms with van der Waals surface area (Å²) < 4.78 is 19.8. The third kappa shape index (κ3) is 83.7. The van der Waals surface area contributed by atoms with Gasteiger partial charge in [0.2, 0.25) is 0 Å². The molecule has 2 fully saturated rings. The van der Waals surface area contributed by atoms with Crippen molar-refractivity contribution >= 4 is 18.9 Å². The summed E-state index contributed by atoms with van der Waals surface area (Å²) in [5.41, 5.74) is 0. The van der Waals surface area contributed by atoms with Gasteiger partial charge in [0, 0.05) is 54.5 Å². The molecule has 2 aliphatic rings. The fourth-order valence-electron chi connectivity index (χ4n) is 0.880. The second-order valence-corrected chi connectivity index (χ2v) is 3.60. The first-order valence-electron chi connectivity index (χ1n) is 7.58. The van der Waals surface area contributed by atoms with Gasteiger partial charge in [0.05, 0.1) is 52.9 Å². The monoisotopic (exact) mass is 486 g/mol. The average Bonchev–Trinajstić information content (AvgIpc) is 2.61. The smallest absolute Gasteiger partial charge is 0.0701 e. The Morgan fingerprint density at radius 2 is 0.462 bits per heavy atom. The van der Waals surface area contributed by atoms with Gasteiger partial charge in [-0.15, -0.1) is 0 Å². The Hall–Kier alpha value is 1.63. The van der Waals surface area contributed by atoms with Crippen LogP contribution in [-0.4, -0.2) is 71.7 Å². The van der Waals surface area contributed by atoms with Crippen molar-refractivity contribution < 1.29 is 54.5 Å². The summed E-state index contributed by atoms with van der Waals surface area (Å²) in [7, 11) is 0. The van der Waals surface area contributed by atoms with Crippen LogP contribution in [-0.2, 0) is 18.9 Å². The van der Waals surface area contributed by atoms with E-state index in [4.69, 9.17) is 18.9 Å². The van der Waals surface area contributed by atoms with Crippen LogP contribution in [0, 0.1) is 117 Å². The summed E-state index contributed by atoms with van der Waals surface area (Å²) in [5, 5.41) is 0. The molecular weight excluding hydrogens is 450 g/mol. The molecule has 6 heteroatoms. The van der Waals surface area contributed by atoms with Crippen molar-refractivity contribution in [2.75, 3.05) is 52.9 Å². The van der Waals surface area contributed by atoms with Gasteiger partial charge in [0.25, 0.3) is 0 Å². The predicted molar refractivity (Wildman–Crippen MR) is 109 cm³/mol. The fraction of sp³-hybridized carbons (Fsp3) is 0.400. The van der Waals surface area contributed by atoms with E-state index in [0.29, 0.717) is 0 Å². The van der Waals surface area contributed by atoms with Crippen LogP contribution in [0.5, 0.6) is 0 Å². The van der Waals surface area contributed by atoms with E-state index in [-0.39, 0.29) is 54.5 Å². The largest absolute Gasteiger partial charge is 0.377 e. The molecular formula is C20H36LaLiO4. The summed E-state index contributed by atoms with van der Waals surface area (Å²) in [6.07, 6.45) is 6.00. The molecule has 4 nitrogen and oxygen atoms in total. The molecule has 0 saturated carbocycles. The fourth-order valence-corrected chi connectivity index (χ4v) is 0.880. The molecule has 2 aliphatic heterocycles. The first kappa shape index (κ1) is 41.9. The molecule has 26 heavy (non-hydrogen) atoms. The molecule has 0 unspecified atom stereocenters. The van der Waals surface area contributed by atoms with E-state index in [1.165, 1.54) is 25.7 Å². The average molecular weight is 486 g/mol. The van der Waals surface area contributed by atoms with Crippen molar-refractivity contribution in [2.45, 2.75) is 0 Å². The van der Waals surface area contributed by atoms with Crippen molar-refractivity contribution in [2.24, 2.45) is 0 Å². The summed E-state index contributed by atoms with van der Waals surface area (Å²) in [5.74, 6) is 0. The number of hydrogen-bond acceptors (Lipinski definition) is 4. The standard InChI is InChI=1S/2C4H8O2.4C3H5.La.Li/c2*1-2-6-4-3-5-1;4*1-3-2;;/h2*1-4H2;4*3H,1-2H2;;. The zero-order valence-corrected chi connectivity index (χ0v) is 20.5. The molecule has 2 rings (SSSR count). The van der Waals surface area contributed by atoms with E-state index in [0.717, 1.165) is 52.9 Å². The predicted octanol–water partition coefficient (Wildman–Crippen LogP) is 3.12. The Balaban J connectivity index is -0.0000000474. The Bertz CT molecular complexity index is 105. The van der Waals surface area contributed by atoms with Gasteiger partial charge < -0.3 is 18.9 Å². The van der Waals surface area contributed by atoms with E-state index >= 15 is 0 Å². The van der Waals surface area contributed by atoms with Gasteiger partial charge in [0.15, 0.2) is 0 Å². The van der Waals surface area contributed by atoms with Crippen molar-refractivity contribution in [1.29, 1.82) is 0 Å². The third-order valence-corrected chi connectivity index (χ3v) is 1.49. The van der Waals surface area contributed by atoms with Gasteiger partial charge in [-0.25, -0.2) is 0 Å². The van der Waals surface area contributed by atoms with Gasteiger partial charge in [-0.2, -0.15) is 0 Å². The van der Waals surface area contributed by atoms with Crippen LogP contribution in [0.25, 0.3) is 0 Å². The van der Waals surface area contributed by atoms with Crippen LogP contribution < -0.4 is 0 Å². The summed E-state index contributed by atoms with van der Waals surface area (Å²) in [4.78, 5) is 0. The van der Waals surface area contributed by atoms with Crippen LogP contribution in [0.4, 0.5) is 0 Å². The molecule has 0 spiro atoms. The molecule has 0 aromatic carbocycles. The van der Waals surface area contributed by atoms with Crippen LogP contribution >= 0.6 is 0 Å². The molecule has 0 atom stereocenters.